The fourth-order valence-corrected chi connectivity index (χ4v) is 3.62. The maximum Gasteiger partial charge on any atom is 0.196 e. The van der Waals surface area contributed by atoms with Gasteiger partial charge in [0.1, 0.15) is 23.9 Å². The molecule has 0 amide bonds. The number of carbonyl (C=O) groups is 1. The molecule has 2 heterocycles. The van der Waals surface area contributed by atoms with Crippen LogP contribution in [0.1, 0.15) is 10.4 Å². The summed E-state index contributed by atoms with van der Waals surface area (Å²) in [5.41, 5.74) is 1.14. The molecule has 0 aliphatic heterocycles. The molecule has 2 aromatic carbocycles. The van der Waals surface area contributed by atoms with Crippen LogP contribution in [-0.2, 0) is 7.05 Å². The summed E-state index contributed by atoms with van der Waals surface area (Å²) >= 11 is 0.752. The summed E-state index contributed by atoms with van der Waals surface area (Å²) in [6.45, 7) is -0.823. The van der Waals surface area contributed by atoms with Gasteiger partial charge in [-0.1, -0.05) is 24.3 Å². The molecule has 4 aromatic rings. The fourth-order valence-electron chi connectivity index (χ4n) is 2.82. The van der Waals surface area contributed by atoms with Crippen molar-refractivity contribution < 1.29 is 18.7 Å². The molecule has 9 heteroatoms. The van der Waals surface area contributed by atoms with Gasteiger partial charge in [0, 0.05) is 18.0 Å². The van der Waals surface area contributed by atoms with Crippen molar-refractivity contribution in [2.45, 2.75) is 10.1 Å². The van der Waals surface area contributed by atoms with E-state index in [1.54, 1.807) is 17.7 Å². The first-order valence-electron chi connectivity index (χ1n) is 8.54. The first kappa shape index (κ1) is 19.2. The van der Waals surface area contributed by atoms with Crippen LogP contribution in [0.2, 0.25) is 0 Å². The van der Waals surface area contributed by atoms with Crippen molar-refractivity contribution in [2.24, 2.45) is 7.05 Å². The minimum atomic E-state index is -0.916. The molecule has 0 saturated carbocycles. The Labute approximate surface area is 168 Å². The van der Waals surface area contributed by atoms with Crippen LogP contribution in [0.4, 0.5) is 8.78 Å². The summed E-state index contributed by atoms with van der Waals surface area (Å²) in [5.74, 6) is -2.14. The molecule has 0 aliphatic rings. The molecular weight excluding hydrogens is 398 g/mol. The summed E-state index contributed by atoms with van der Waals surface area (Å²) < 4.78 is 30.3. The lowest BCUT2D eigenvalue weighted by molar-refractivity contribution is 0.0902. The molecule has 0 radical (unpaired) electrons. The predicted octanol–water partition coefficient (Wildman–Crippen LogP) is 3.63. The second-order valence-electron chi connectivity index (χ2n) is 6.21. The van der Waals surface area contributed by atoms with Crippen molar-refractivity contribution in [1.29, 1.82) is 0 Å². The highest BCUT2D eigenvalue weighted by atomic mass is 32.2. The van der Waals surface area contributed by atoms with Crippen LogP contribution in [0, 0.1) is 11.6 Å². The predicted molar refractivity (Wildman–Crippen MR) is 104 cm³/mol. The number of halogens is 2. The highest BCUT2D eigenvalue weighted by Crippen LogP contribution is 2.33. The monoisotopic (exact) mass is 412 g/mol. The Balaban J connectivity index is 1.68. The molecule has 0 saturated heterocycles. The lowest BCUT2D eigenvalue weighted by atomic mass is 10.1. The van der Waals surface area contributed by atoms with E-state index in [2.05, 4.69) is 15.2 Å². The van der Waals surface area contributed by atoms with Gasteiger partial charge in [-0.05, 0) is 36.0 Å². The smallest absolute Gasteiger partial charge is 0.196 e. The van der Waals surface area contributed by atoms with Crippen molar-refractivity contribution >= 4 is 28.4 Å². The number of aliphatic hydroxyl groups excluding tert-OH is 1. The summed E-state index contributed by atoms with van der Waals surface area (Å²) in [7, 11) is 1.67. The number of fused-ring (bicyclic) bond motifs is 1. The number of hydrogen-bond acceptors (Lipinski definition) is 6. The molecule has 29 heavy (non-hydrogen) atoms. The number of benzene rings is 2. The topological polar surface area (TPSA) is 80.9 Å². The summed E-state index contributed by atoms with van der Waals surface area (Å²) in [6, 6.07) is 13.1. The van der Waals surface area contributed by atoms with E-state index in [1.807, 2.05) is 30.3 Å². The van der Waals surface area contributed by atoms with E-state index >= 15 is 0 Å². The number of rotatable bonds is 5. The zero-order valence-corrected chi connectivity index (χ0v) is 16.0. The van der Waals surface area contributed by atoms with Crippen LogP contribution in [0.15, 0.2) is 58.6 Å². The van der Waals surface area contributed by atoms with Crippen molar-refractivity contribution in [3.63, 3.8) is 0 Å². The molecule has 0 aliphatic carbocycles. The van der Waals surface area contributed by atoms with Gasteiger partial charge in [-0.15, -0.1) is 10.2 Å². The third-order valence-electron chi connectivity index (χ3n) is 4.32. The number of Topliss-reactive ketones (excluding diaryl/α,β-unsaturated/α-hetero) is 1. The molecule has 0 atom stereocenters. The molecule has 0 bridgehead atoms. The Hall–Kier alpha value is -3.17. The number of pyridine rings is 1. The number of aromatic nitrogens is 4. The lowest BCUT2D eigenvalue weighted by Gasteiger charge is -2.07. The molecule has 4 rings (SSSR count). The Morgan fingerprint density at radius 2 is 1.83 bits per heavy atom. The molecule has 2 aromatic heterocycles. The van der Waals surface area contributed by atoms with E-state index < -0.39 is 24.0 Å². The van der Waals surface area contributed by atoms with Gasteiger partial charge >= 0.3 is 0 Å². The molecular formula is C20H14F2N4O2S. The van der Waals surface area contributed by atoms with Gasteiger partial charge in [0.2, 0.25) is 0 Å². The average molecular weight is 412 g/mol. The Morgan fingerprint density at radius 3 is 2.55 bits per heavy atom. The van der Waals surface area contributed by atoms with E-state index in [0.717, 1.165) is 34.8 Å². The van der Waals surface area contributed by atoms with Crippen LogP contribution in [0.25, 0.3) is 22.4 Å². The van der Waals surface area contributed by atoms with E-state index in [1.165, 1.54) is 0 Å². The van der Waals surface area contributed by atoms with Gasteiger partial charge in [-0.2, -0.15) is 0 Å². The van der Waals surface area contributed by atoms with Crippen molar-refractivity contribution in [3.05, 3.63) is 65.7 Å². The number of hydrogen-bond donors (Lipinski definition) is 1. The average Bonchev–Trinajstić information content (AvgIpc) is 3.09. The standard InChI is InChI=1S/C20H14F2N4O2S/c1-26-19(16-7-6-11-4-2-3-5-15(11)23-16)24-25-20(26)29-18-13(21)8-12(9-14(18)22)17(28)10-27/h2-9,27H,10H2,1H3. The summed E-state index contributed by atoms with van der Waals surface area (Å²) in [4.78, 5) is 15.7. The first-order chi connectivity index (χ1) is 14.0. The van der Waals surface area contributed by atoms with Crippen LogP contribution in [0.3, 0.4) is 0 Å². The van der Waals surface area contributed by atoms with Crippen LogP contribution >= 0.6 is 11.8 Å². The molecule has 146 valence electrons. The molecule has 0 unspecified atom stereocenters. The van der Waals surface area contributed by atoms with E-state index in [4.69, 9.17) is 5.11 Å². The lowest BCUT2D eigenvalue weighted by Crippen LogP contribution is -2.06. The highest BCUT2D eigenvalue weighted by Gasteiger charge is 2.20. The molecule has 0 fully saturated rings. The van der Waals surface area contributed by atoms with Crippen LogP contribution in [-0.4, -0.2) is 37.2 Å². The Morgan fingerprint density at radius 1 is 1.10 bits per heavy atom. The van der Waals surface area contributed by atoms with Gasteiger partial charge in [0.15, 0.2) is 16.8 Å². The summed E-state index contributed by atoms with van der Waals surface area (Å²) in [5, 5.41) is 18.2. The normalized spacial score (nSPS) is 11.2. The van der Waals surface area contributed by atoms with Gasteiger partial charge < -0.3 is 9.67 Å². The van der Waals surface area contributed by atoms with Crippen molar-refractivity contribution in [3.8, 4) is 11.5 Å². The van der Waals surface area contributed by atoms with E-state index in [9.17, 15) is 13.6 Å². The van der Waals surface area contributed by atoms with Crippen LogP contribution in [0.5, 0.6) is 0 Å². The maximum atomic E-state index is 14.4. The second kappa shape index (κ2) is 7.69. The van der Waals surface area contributed by atoms with Gasteiger partial charge in [-0.3, -0.25) is 4.79 Å². The third-order valence-corrected chi connectivity index (χ3v) is 5.45. The zero-order valence-electron chi connectivity index (χ0n) is 15.1. The number of ketones is 1. The minimum absolute atomic E-state index is 0.231. The van der Waals surface area contributed by atoms with Crippen LogP contribution < -0.4 is 0 Å². The number of carbonyl (C=O) groups excluding carboxylic acids is 1. The number of aliphatic hydroxyl groups is 1. The SMILES string of the molecule is Cn1c(Sc2c(F)cc(C(=O)CO)cc2F)nnc1-c1ccc2ccccc2n1. The molecule has 6 nitrogen and oxygen atoms in total. The first-order valence-corrected chi connectivity index (χ1v) is 9.36. The van der Waals surface area contributed by atoms with Gasteiger partial charge in [0.05, 0.1) is 10.4 Å². The zero-order chi connectivity index (χ0) is 20.5. The summed E-state index contributed by atoms with van der Waals surface area (Å²) in [6.07, 6.45) is 0. The van der Waals surface area contributed by atoms with E-state index in [-0.39, 0.29) is 15.6 Å². The van der Waals surface area contributed by atoms with Crippen molar-refractivity contribution in [1.82, 2.24) is 19.7 Å². The largest absolute Gasteiger partial charge is 0.388 e. The second-order valence-corrected chi connectivity index (χ2v) is 7.18. The quantitative estimate of drug-likeness (QED) is 0.504. The Bertz CT molecular complexity index is 1220. The third kappa shape index (κ3) is 3.62. The molecule has 0 spiro atoms. The highest BCUT2D eigenvalue weighted by molar-refractivity contribution is 7.99. The van der Waals surface area contributed by atoms with Crippen molar-refractivity contribution in [2.75, 3.05) is 6.61 Å². The number of nitrogens with zero attached hydrogens (tertiary/aromatic N) is 4. The van der Waals surface area contributed by atoms with E-state index in [0.29, 0.717) is 11.5 Å². The molecule has 1 N–H and O–H groups in total. The fraction of sp³-hybridized carbons (Fsp3) is 0.100. The minimum Gasteiger partial charge on any atom is -0.388 e. The number of para-hydroxylation sites is 1. The van der Waals surface area contributed by atoms with Gasteiger partial charge in [-0.25, -0.2) is 13.8 Å². The maximum absolute atomic E-state index is 14.4. The Kier molecular flexibility index (Phi) is 5.08. The van der Waals surface area contributed by atoms with Gasteiger partial charge in [0.25, 0.3) is 0 Å².